The smallest absolute Gasteiger partial charge is 0.224 e. The molecule has 0 spiro atoms. The number of amides is 1. The van der Waals surface area contributed by atoms with Gasteiger partial charge in [0.15, 0.2) is 0 Å². The average Bonchev–Trinajstić information content (AvgIpc) is 2.29. The molecule has 1 atom stereocenters. The minimum Gasteiger partial charge on any atom is -0.487 e. The van der Waals surface area contributed by atoms with E-state index in [0.29, 0.717) is 6.42 Å². The Balaban J connectivity index is 2.19. The summed E-state index contributed by atoms with van der Waals surface area (Å²) in [7, 11) is 0. The molecule has 3 nitrogen and oxygen atoms in total. The number of rotatable bonds is 3. The van der Waals surface area contributed by atoms with E-state index in [1.807, 2.05) is 25.1 Å². The van der Waals surface area contributed by atoms with Crippen molar-refractivity contribution < 1.29 is 9.53 Å². The van der Waals surface area contributed by atoms with Crippen molar-refractivity contribution in [3.63, 3.8) is 0 Å². The van der Waals surface area contributed by atoms with Gasteiger partial charge in [0, 0.05) is 12.1 Å². The highest BCUT2D eigenvalue weighted by Gasteiger charge is 2.15. The fraction of sp³-hybridized carbons (Fsp3) is 0.308. The molecular formula is C13H15NO2. The number of aryl methyl sites for hydroxylation is 1. The van der Waals surface area contributed by atoms with Gasteiger partial charge < -0.3 is 10.1 Å². The summed E-state index contributed by atoms with van der Waals surface area (Å²) in [6.07, 6.45) is 3.08. The first-order valence-corrected chi connectivity index (χ1v) is 5.41. The van der Waals surface area contributed by atoms with E-state index in [1.54, 1.807) is 6.08 Å². The summed E-state index contributed by atoms with van der Waals surface area (Å²) >= 11 is 0. The third-order valence-electron chi connectivity index (χ3n) is 2.63. The first-order chi connectivity index (χ1) is 7.69. The number of nitrogens with one attached hydrogen (secondary N) is 1. The molecule has 0 fully saturated rings. The van der Waals surface area contributed by atoms with Crippen LogP contribution in [-0.2, 0) is 11.2 Å². The van der Waals surface area contributed by atoms with Crippen LogP contribution in [0.1, 0.15) is 18.9 Å². The van der Waals surface area contributed by atoms with Gasteiger partial charge in [0.05, 0.1) is 0 Å². The Hall–Kier alpha value is -1.77. The van der Waals surface area contributed by atoms with Gasteiger partial charge in [-0.15, -0.1) is 0 Å². The third-order valence-corrected chi connectivity index (χ3v) is 2.63. The van der Waals surface area contributed by atoms with Crippen LogP contribution in [0.25, 0.3) is 0 Å². The molecule has 1 amide bonds. The number of carbonyl (C=O) groups is 1. The van der Waals surface area contributed by atoms with E-state index >= 15 is 0 Å². The number of carbonyl (C=O) groups excluding carboxylic acids is 1. The van der Waals surface area contributed by atoms with Crippen LogP contribution in [0.4, 0.5) is 5.69 Å². The number of hydrogen-bond acceptors (Lipinski definition) is 2. The van der Waals surface area contributed by atoms with Gasteiger partial charge in [-0.25, -0.2) is 0 Å². The molecule has 0 saturated carbocycles. The predicted octanol–water partition coefficient (Wildman–Crippen LogP) is 2.52. The van der Waals surface area contributed by atoms with E-state index in [2.05, 4.69) is 11.9 Å². The van der Waals surface area contributed by atoms with E-state index < -0.39 is 0 Å². The van der Waals surface area contributed by atoms with Crippen molar-refractivity contribution in [1.82, 2.24) is 0 Å². The topological polar surface area (TPSA) is 38.3 Å². The van der Waals surface area contributed by atoms with Crippen LogP contribution < -0.4 is 10.1 Å². The zero-order valence-corrected chi connectivity index (χ0v) is 9.32. The summed E-state index contributed by atoms with van der Waals surface area (Å²) in [4.78, 5) is 11.2. The maximum Gasteiger partial charge on any atom is 0.224 e. The molecule has 1 heterocycles. The minimum atomic E-state index is -0.00349. The van der Waals surface area contributed by atoms with Crippen LogP contribution in [0.15, 0.2) is 30.9 Å². The van der Waals surface area contributed by atoms with Crippen molar-refractivity contribution in [2.45, 2.75) is 25.9 Å². The Morgan fingerprint density at radius 3 is 3.06 bits per heavy atom. The van der Waals surface area contributed by atoms with Crippen LogP contribution in [0.5, 0.6) is 5.75 Å². The summed E-state index contributed by atoms with van der Waals surface area (Å²) in [6.45, 7) is 5.61. The lowest BCUT2D eigenvalue weighted by Crippen LogP contribution is -2.19. The SMILES string of the molecule is C=CC(C)Oc1ccc2c(c1)CCC(=O)N2. The maximum atomic E-state index is 11.2. The lowest BCUT2D eigenvalue weighted by molar-refractivity contribution is -0.116. The summed E-state index contributed by atoms with van der Waals surface area (Å²) in [5.74, 6) is 0.905. The molecule has 2 rings (SSSR count). The molecule has 0 aromatic heterocycles. The highest BCUT2D eigenvalue weighted by atomic mass is 16.5. The summed E-state index contributed by atoms with van der Waals surface area (Å²) in [5.41, 5.74) is 2.03. The quantitative estimate of drug-likeness (QED) is 0.790. The number of fused-ring (bicyclic) bond motifs is 1. The van der Waals surface area contributed by atoms with E-state index in [0.717, 1.165) is 23.4 Å². The molecule has 0 saturated heterocycles. The Morgan fingerprint density at radius 1 is 1.50 bits per heavy atom. The van der Waals surface area contributed by atoms with Crippen molar-refractivity contribution in [2.75, 3.05) is 5.32 Å². The molecule has 3 heteroatoms. The molecule has 0 bridgehead atoms. The molecule has 84 valence electrons. The normalized spacial score (nSPS) is 15.9. The average molecular weight is 217 g/mol. The van der Waals surface area contributed by atoms with Gasteiger partial charge in [-0.05, 0) is 37.1 Å². The Labute approximate surface area is 95.1 Å². The molecule has 1 aliphatic rings. The summed E-state index contributed by atoms with van der Waals surface area (Å²) in [6, 6.07) is 5.73. The monoisotopic (exact) mass is 217 g/mol. The fourth-order valence-electron chi connectivity index (χ4n) is 1.70. The molecular weight excluding hydrogens is 202 g/mol. The highest BCUT2D eigenvalue weighted by molar-refractivity contribution is 5.93. The van der Waals surface area contributed by atoms with Gasteiger partial charge in [0.1, 0.15) is 11.9 Å². The van der Waals surface area contributed by atoms with Gasteiger partial charge >= 0.3 is 0 Å². The van der Waals surface area contributed by atoms with Crippen LogP contribution in [0.3, 0.4) is 0 Å². The van der Waals surface area contributed by atoms with Gasteiger partial charge in [0.2, 0.25) is 5.91 Å². The largest absolute Gasteiger partial charge is 0.487 e. The maximum absolute atomic E-state index is 11.2. The van der Waals surface area contributed by atoms with Gasteiger partial charge in [-0.2, -0.15) is 0 Å². The van der Waals surface area contributed by atoms with Gasteiger partial charge in [-0.3, -0.25) is 4.79 Å². The minimum absolute atomic E-state index is 0.00349. The van der Waals surface area contributed by atoms with E-state index in [9.17, 15) is 4.79 Å². The van der Waals surface area contributed by atoms with Crippen molar-refractivity contribution in [2.24, 2.45) is 0 Å². The first-order valence-electron chi connectivity index (χ1n) is 5.41. The van der Waals surface area contributed by atoms with Crippen LogP contribution in [-0.4, -0.2) is 12.0 Å². The summed E-state index contributed by atoms with van der Waals surface area (Å²) in [5, 5.41) is 2.84. The standard InChI is InChI=1S/C13H15NO2/c1-3-9(2)16-11-5-6-12-10(8-11)4-7-13(15)14-12/h3,5-6,8-9H,1,4,7H2,2H3,(H,14,15). The number of ether oxygens (including phenoxy) is 1. The fourth-order valence-corrected chi connectivity index (χ4v) is 1.70. The van der Waals surface area contributed by atoms with Crippen molar-refractivity contribution in [1.29, 1.82) is 0 Å². The number of hydrogen-bond donors (Lipinski definition) is 1. The molecule has 16 heavy (non-hydrogen) atoms. The lowest BCUT2D eigenvalue weighted by Gasteiger charge is -2.18. The molecule has 1 aliphatic heterocycles. The van der Waals surface area contributed by atoms with Gasteiger partial charge in [-0.1, -0.05) is 12.7 Å². The van der Waals surface area contributed by atoms with Crippen molar-refractivity contribution in [3.05, 3.63) is 36.4 Å². The van der Waals surface area contributed by atoms with E-state index in [-0.39, 0.29) is 12.0 Å². The Kier molecular flexibility index (Phi) is 2.95. The molecule has 0 radical (unpaired) electrons. The first kappa shape index (κ1) is 10.7. The number of anilines is 1. The van der Waals surface area contributed by atoms with Crippen molar-refractivity contribution in [3.8, 4) is 5.75 Å². The third kappa shape index (κ3) is 2.24. The molecule has 1 N–H and O–H groups in total. The van der Waals surface area contributed by atoms with Gasteiger partial charge in [0.25, 0.3) is 0 Å². The van der Waals surface area contributed by atoms with E-state index in [1.165, 1.54) is 0 Å². The number of benzene rings is 1. The van der Waals surface area contributed by atoms with Crippen LogP contribution >= 0.6 is 0 Å². The predicted molar refractivity (Wildman–Crippen MR) is 63.7 cm³/mol. The lowest BCUT2D eigenvalue weighted by atomic mass is 10.0. The molecule has 1 unspecified atom stereocenters. The second-order valence-electron chi connectivity index (χ2n) is 3.93. The van der Waals surface area contributed by atoms with Crippen LogP contribution in [0, 0.1) is 0 Å². The Bertz CT molecular complexity index is 426. The molecule has 1 aromatic carbocycles. The summed E-state index contributed by atoms with van der Waals surface area (Å²) < 4.78 is 5.63. The molecule has 0 aliphatic carbocycles. The van der Waals surface area contributed by atoms with E-state index in [4.69, 9.17) is 4.74 Å². The second-order valence-corrected chi connectivity index (χ2v) is 3.93. The highest BCUT2D eigenvalue weighted by Crippen LogP contribution is 2.27. The second kappa shape index (κ2) is 4.39. The molecule has 1 aromatic rings. The Morgan fingerprint density at radius 2 is 2.31 bits per heavy atom. The zero-order valence-electron chi connectivity index (χ0n) is 9.32. The van der Waals surface area contributed by atoms with Crippen molar-refractivity contribution >= 4 is 11.6 Å². The zero-order chi connectivity index (χ0) is 11.5. The van der Waals surface area contributed by atoms with Crippen LogP contribution in [0.2, 0.25) is 0 Å².